The molecule has 6 nitrogen and oxygen atoms in total. The number of hydrogen-bond acceptors (Lipinski definition) is 3. The molecule has 0 aliphatic carbocycles. The van der Waals surface area contributed by atoms with E-state index in [2.05, 4.69) is 10.4 Å². The Hall–Kier alpha value is -4.19. The van der Waals surface area contributed by atoms with Gasteiger partial charge in [-0.2, -0.15) is 5.10 Å². The first-order valence-corrected chi connectivity index (χ1v) is 9.89. The zero-order valence-electron chi connectivity index (χ0n) is 17.3. The van der Waals surface area contributed by atoms with E-state index in [0.29, 0.717) is 16.8 Å². The second-order valence-corrected chi connectivity index (χ2v) is 7.15. The van der Waals surface area contributed by atoms with Crippen molar-refractivity contribution in [3.63, 3.8) is 0 Å². The number of amides is 2. The lowest BCUT2D eigenvalue weighted by molar-refractivity contribution is 0.0993. The smallest absolute Gasteiger partial charge is 0.258 e. The lowest BCUT2D eigenvalue weighted by Crippen LogP contribution is -2.26. The zero-order chi connectivity index (χ0) is 21.8. The largest absolute Gasteiger partial charge is 0.320 e. The van der Waals surface area contributed by atoms with Crippen molar-refractivity contribution < 1.29 is 9.59 Å². The molecule has 154 valence electrons. The molecule has 4 aromatic rings. The van der Waals surface area contributed by atoms with Crippen LogP contribution in [0.4, 0.5) is 11.4 Å². The van der Waals surface area contributed by atoms with Gasteiger partial charge in [-0.1, -0.05) is 36.4 Å². The fourth-order valence-corrected chi connectivity index (χ4v) is 3.28. The van der Waals surface area contributed by atoms with Crippen molar-refractivity contribution >= 4 is 23.2 Å². The number of anilines is 2. The molecule has 0 spiro atoms. The molecule has 2 amide bonds. The van der Waals surface area contributed by atoms with Crippen LogP contribution < -0.4 is 10.2 Å². The molecule has 1 N–H and O–H groups in total. The fraction of sp³-hybridized carbons (Fsp3) is 0.0800. The highest BCUT2D eigenvalue weighted by molar-refractivity contribution is 6.09. The van der Waals surface area contributed by atoms with Crippen LogP contribution in [0.1, 0.15) is 26.4 Å². The molecule has 1 aromatic heterocycles. The molecule has 0 saturated carbocycles. The number of benzene rings is 3. The number of aryl methyl sites for hydroxylation is 1. The molecule has 3 aromatic carbocycles. The summed E-state index contributed by atoms with van der Waals surface area (Å²) in [7, 11) is 1.72. The normalized spacial score (nSPS) is 10.5. The number of carbonyl (C=O) groups excluding carboxylic acids is 2. The summed E-state index contributed by atoms with van der Waals surface area (Å²) in [5.74, 6) is -0.485. The van der Waals surface area contributed by atoms with Gasteiger partial charge in [-0.15, -0.1) is 0 Å². The summed E-state index contributed by atoms with van der Waals surface area (Å²) < 4.78 is 1.72. The summed E-state index contributed by atoms with van der Waals surface area (Å²) in [6, 6.07) is 25.4. The van der Waals surface area contributed by atoms with Crippen LogP contribution in [0, 0.1) is 6.92 Å². The van der Waals surface area contributed by atoms with Gasteiger partial charge in [0, 0.05) is 30.1 Å². The topological polar surface area (TPSA) is 67.2 Å². The molecule has 0 saturated heterocycles. The van der Waals surface area contributed by atoms with Crippen molar-refractivity contribution in [3.05, 3.63) is 108 Å². The Balaban J connectivity index is 1.57. The van der Waals surface area contributed by atoms with Crippen molar-refractivity contribution in [2.24, 2.45) is 0 Å². The molecule has 0 bridgehead atoms. The van der Waals surface area contributed by atoms with Crippen LogP contribution in [-0.4, -0.2) is 28.6 Å². The molecule has 0 aliphatic heterocycles. The van der Waals surface area contributed by atoms with Gasteiger partial charge in [0.2, 0.25) is 0 Å². The van der Waals surface area contributed by atoms with Crippen LogP contribution in [0.5, 0.6) is 0 Å². The van der Waals surface area contributed by atoms with E-state index in [4.69, 9.17) is 0 Å². The minimum atomic E-state index is -0.298. The molecule has 6 heteroatoms. The number of nitrogens with zero attached hydrogens (tertiary/aromatic N) is 3. The number of aromatic nitrogens is 2. The van der Waals surface area contributed by atoms with Gasteiger partial charge in [-0.3, -0.25) is 9.59 Å². The number of nitrogens with one attached hydrogen (secondary N) is 1. The molecular formula is C25H22N4O2. The molecule has 0 radical (unpaired) electrons. The highest BCUT2D eigenvalue weighted by Gasteiger charge is 2.16. The van der Waals surface area contributed by atoms with Gasteiger partial charge < -0.3 is 10.2 Å². The average molecular weight is 410 g/mol. The second kappa shape index (κ2) is 8.67. The van der Waals surface area contributed by atoms with Crippen molar-refractivity contribution in [3.8, 4) is 5.69 Å². The first kappa shape index (κ1) is 20.1. The Morgan fingerprint density at radius 3 is 2.32 bits per heavy atom. The van der Waals surface area contributed by atoms with Crippen molar-refractivity contribution in [2.45, 2.75) is 6.92 Å². The Morgan fingerprint density at radius 1 is 0.871 bits per heavy atom. The lowest BCUT2D eigenvalue weighted by atomic mass is 10.1. The van der Waals surface area contributed by atoms with Crippen LogP contribution in [0.25, 0.3) is 5.69 Å². The number of hydrogen-bond donors (Lipinski definition) is 1. The SMILES string of the molecule is Cc1ccn(-c2ccccc2NC(=O)c2cccc(C(=O)N(C)c3ccccc3)c2)n1. The Morgan fingerprint density at radius 2 is 1.58 bits per heavy atom. The van der Waals surface area contributed by atoms with E-state index in [1.165, 1.54) is 0 Å². The van der Waals surface area contributed by atoms with Crippen LogP contribution in [0.2, 0.25) is 0 Å². The number of carbonyl (C=O) groups is 2. The summed E-state index contributed by atoms with van der Waals surface area (Å²) in [4.78, 5) is 27.4. The van der Waals surface area contributed by atoms with Crippen LogP contribution in [-0.2, 0) is 0 Å². The fourth-order valence-electron chi connectivity index (χ4n) is 3.28. The van der Waals surface area contributed by atoms with Crippen molar-refractivity contribution in [1.29, 1.82) is 0 Å². The molecule has 0 fully saturated rings. The van der Waals surface area contributed by atoms with E-state index in [-0.39, 0.29) is 11.8 Å². The number of rotatable bonds is 5. The zero-order valence-corrected chi connectivity index (χ0v) is 17.3. The third-order valence-corrected chi connectivity index (χ3v) is 4.94. The predicted octanol–water partition coefficient (Wildman–Crippen LogP) is 4.71. The summed E-state index contributed by atoms with van der Waals surface area (Å²) in [5, 5.41) is 7.36. The van der Waals surface area contributed by atoms with E-state index in [1.54, 1.807) is 40.9 Å². The minimum Gasteiger partial charge on any atom is -0.320 e. The standard InChI is InChI=1S/C25H22N4O2/c1-18-15-16-29(27-18)23-14-7-6-13-22(23)26-24(30)19-9-8-10-20(17-19)25(31)28(2)21-11-4-3-5-12-21/h3-17H,1-2H3,(H,26,30). The summed E-state index contributed by atoms with van der Waals surface area (Å²) >= 11 is 0. The van der Waals surface area contributed by atoms with Gasteiger partial charge in [0.15, 0.2) is 0 Å². The highest BCUT2D eigenvalue weighted by atomic mass is 16.2. The first-order chi connectivity index (χ1) is 15.0. The summed E-state index contributed by atoms with van der Waals surface area (Å²) in [6.45, 7) is 1.91. The lowest BCUT2D eigenvalue weighted by Gasteiger charge is -2.17. The van der Waals surface area contributed by atoms with Gasteiger partial charge in [0.05, 0.1) is 17.1 Å². The molecule has 1 heterocycles. The molecule has 0 atom stereocenters. The van der Waals surface area contributed by atoms with Gasteiger partial charge in [0.25, 0.3) is 11.8 Å². The monoisotopic (exact) mass is 410 g/mol. The quantitative estimate of drug-likeness (QED) is 0.518. The molecule has 0 unspecified atom stereocenters. The van der Waals surface area contributed by atoms with Gasteiger partial charge in [-0.25, -0.2) is 4.68 Å². The third-order valence-electron chi connectivity index (χ3n) is 4.94. The minimum absolute atomic E-state index is 0.187. The van der Waals surface area contributed by atoms with Crippen LogP contribution in [0.15, 0.2) is 91.1 Å². The molecule has 31 heavy (non-hydrogen) atoms. The van der Waals surface area contributed by atoms with Crippen molar-refractivity contribution in [1.82, 2.24) is 9.78 Å². The molecular weight excluding hydrogens is 388 g/mol. The third kappa shape index (κ3) is 4.38. The van der Waals surface area contributed by atoms with Crippen molar-refractivity contribution in [2.75, 3.05) is 17.3 Å². The van der Waals surface area contributed by atoms with Crippen LogP contribution >= 0.6 is 0 Å². The Bertz CT molecular complexity index is 1230. The van der Waals surface area contributed by atoms with E-state index < -0.39 is 0 Å². The van der Waals surface area contributed by atoms with Crippen LogP contribution in [0.3, 0.4) is 0 Å². The Labute approximate surface area is 180 Å². The maximum Gasteiger partial charge on any atom is 0.258 e. The number of para-hydroxylation sites is 3. The summed E-state index contributed by atoms with van der Waals surface area (Å²) in [5.41, 5.74) is 3.91. The second-order valence-electron chi connectivity index (χ2n) is 7.15. The van der Waals surface area contributed by atoms with Gasteiger partial charge in [0.1, 0.15) is 0 Å². The van der Waals surface area contributed by atoms with Gasteiger partial charge >= 0.3 is 0 Å². The van der Waals surface area contributed by atoms with E-state index in [0.717, 1.165) is 17.1 Å². The first-order valence-electron chi connectivity index (χ1n) is 9.89. The Kier molecular flexibility index (Phi) is 5.62. The summed E-state index contributed by atoms with van der Waals surface area (Å²) in [6.07, 6.45) is 1.85. The van der Waals surface area contributed by atoms with E-state index >= 15 is 0 Å². The molecule has 0 aliphatic rings. The predicted molar refractivity (Wildman–Crippen MR) is 122 cm³/mol. The van der Waals surface area contributed by atoms with Gasteiger partial charge in [-0.05, 0) is 55.5 Å². The average Bonchev–Trinajstić information content (AvgIpc) is 3.25. The highest BCUT2D eigenvalue weighted by Crippen LogP contribution is 2.21. The molecule has 4 rings (SSSR count). The maximum absolute atomic E-state index is 13.0. The maximum atomic E-state index is 13.0. The van der Waals surface area contributed by atoms with E-state index in [1.807, 2.05) is 73.8 Å². The van der Waals surface area contributed by atoms with E-state index in [9.17, 15) is 9.59 Å².